The van der Waals surface area contributed by atoms with Gasteiger partial charge in [-0.1, -0.05) is 6.42 Å². The first-order valence-corrected chi connectivity index (χ1v) is 4.17. The molecule has 0 bridgehead atoms. The first-order chi connectivity index (χ1) is 5.38. The SMILES string of the molecule is COC(OC)C1CCCCN1.Cl. The molecule has 1 aliphatic rings. The van der Waals surface area contributed by atoms with E-state index in [1.807, 2.05) is 0 Å². The minimum Gasteiger partial charge on any atom is -0.354 e. The highest BCUT2D eigenvalue weighted by molar-refractivity contribution is 5.85. The highest BCUT2D eigenvalue weighted by Gasteiger charge is 2.21. The van der Waals surface area contributed by atoms with E-state index in [4.69, 9.17) is 9.47 Å². The number of rotatable bonds is 3. The van der Waals surface area contributed by atoms with Crippen LogP contribution in [0.25, 0.3) is 0 Å². The smallest absolute Gasteiger partial charge is 0.171 e. The van der Waals surface area contributed by atoms with E-state index >= 15 is 0 Å². The van der Waals surface area contributed by atoms with Crippen molar-refractivity contribution < 1.29 is 9.47 Å². The Kier molecular flexibility index (Phi) is 6.76. The molecule has 1 saturated heterocycles. The van der Waals surface area contributed by atoms with Crippen LogP contribution >= 0.6 is 12.4 Å². The van der Waals surface area contributed by atoms with Crippen molar-refractivity contribution in [1.29, 1.82) is 0 Å². The Bertz CT molecular complexity index is 103. The lowest BCUT2D eigenvalue weighted by atomic mass is 10.0. The summed E-state index contributed by atoms with van der Waals surface area (Å²) >= 11 is 0. The van der Waals surface area contributed by atoms with E-state index in [-0.39, 0.29) is 18.7 Å². The summed E-state index contributed by atoms with van der Waals surface area (Å²) in [7, 11) is 3.37. The number of ether oxygens (including phenoxy) is 2. The van der Waals surface area contributed by atoms with Gasteiger partial charge >= 0.3 is 0 Å². The second kappa shape index (κ2) is 6.66. The molecule has 1 rings (SSSR count). The molecular formula is C8H18ClNO2. The molecule has 74 valence electrons. The van der Waals surface area contributed by atoms with Crippen LogP contribution in [0.15, 0.2) is 0 Å². The fraction of sp³-hybridized carbons (Fsp3) is 1.00. The van der Waals surface area contributed by atoms with Crippen LogP contribution in [0.1, 0.15) is 19.3 Å². The predicted octanol–water partition coefficient (Wildman–Crippen LogP) is 1.17. The van der Waals surface area contributed by atoms with Gasteiger partial charge in [0, 0.05) is 14.2 Å². The summed E-state index contributed by atoms with van der Waals surface area (Å²) in [5.74, 6) is 0. The minimum atomic E-state index is -0.0738. The maximum atomic E-state index is 5.15. The molecular weight excluding hydrogens is 178 g/mol. The van der Waals surface area contributed by atoms with Gasteiger partial charge in [-0.05, 0) is 19.4 Å². The molecule has 1 aliphatic heterocycles. The van der Waals surface area contributed by atoms with Gasteiger partial charge < -0.3 is 14.8 Å². The van der Waals surface area contributed by atoms with Crippen molar-refractivity contribution in [3.63, 3.8) is 0 Å². The monoisotopic (exact) mass is 195 g/mol. The minimum absolute atomic E-state index is 0. The third-order valence-corrected chi connectivity index (χ3v) is 2.14. The van der Waals surface area contributed by atoms with Crippen molar-refractivity contribution in [2.75, 3.05) is 20.8 Å². The zero-order chi connectivity index (χ0) is 8.10. The van der Waals surface area contributed by atoms with Crippen molar-refractivity contribution in [3.05, 3.63) is 0 Å². The molecule has 0 aromatic rings. The second-order valence-electron chi connectivity index (χ2n) is 2.90. The Balaban J connectivity index is 0.00000121. The molecule has 1 heterocycles. The van der Waals surface area contributed by atoms with Gasteiger partial charge in [-0.3, -0.25) is 0 Å². The van der Waals surface area contributed by atoms with E-state index in [0.29, 0.717) is 6.04 Å². The van der Waals surface area contributed by atoms with Crippen LogP contribution in [0.3, 0.4) is 0 Å². The molecule has 1 atom stereocenters. The lowest BCUT2D eigenvalue weighted by molar-refractivity contribution is -0.126. The van der Waals surface area contributed by atoms with Gasteiger partial charge in [0.15, 0.2) is 6.29 Å². The molecule has 1 unspecified atom stereocenters. The van der Waals surface area contributed by atoms with E-state index in [2.05, 4.69) is 5.32 Å². The van der Waals surface area contributed by atoms with Gasteiger partial charge in [0.2, 0.25) is 0 Å². The summed E-state index contributed by atoms with van der Waals surface area (Å²) in [5, 5.41) is 3.37. The zero-order valence-corrected chi connectivity index (χ0v) is 8.52. The summed E-state index contributed by atoms with van der Waals surface area (Å²) in [6, 6.07) is 0.388. The van der Waals surface area contributed by atoms with Gasteiger partial charge in [0.25, 0.3) is 0 Å². The lowest BCUT2D eigenvalue weighted by Gasteiger charge is -2.28. The zero-order valence-electron chi connectivity index (χ0n) is 7.71. The Labute approximate surface area is 80.2 Å². The highest BCUT2D eigenvalue weighted by Crippen LogP contribution is 2.12. The summed E-state index contributed by atoms with van der Waals surface area (Å²) in [4.78, 5) is 0. The summed E-state index contributed by atoms with van der Waals surface area (Å²) < 4.78 is 10.3. The van der Waals surface area contributed by atoms with Crippen molar-refractivity contribution in [3.8, 4) is 0 Å². The third-order valence-electron chi connectivity index (χ3n) is 2.14. The fourth-order valence-electron chi connectivity index (χ4n) is 1.54. The Morgan fingerprint density at radius 2 is 1.92 bits per heavy atom. The van der Waals surface area contributed by atoms with Crippen molar-refractivity contribution >= 4 is 12.4 Å². The van der Waals surface area contributed by atoms with Crippen molar-refractivity contribution in [2.24, 2.45) is 0 Å². The number of piperidine rings is 1. The van der Waals surface area contributed by atoms with Crippen molar-refractivity contribution in [2.45, 2.75) is 31.6 Å². The van der Waals surface area contributed by atoms with Gasteiger partial charge in [-0.15, -0.1) is 12.4 Å². The van der Waals surface area contributed by atoms with Crippen molar-refractivity contribution in [1.82, 2.24) is 5.32 Å². The fourth-order valence-corrected chi connectivity index (χ4v) is 1.54. The van der Waals surface area contributed by atoms with Gasteiger partial charge in [0.1, 0.15) is 0 Å². The summed E-state index contributed by atoms with van der Waals surface area (Å²) in [6.45, 7) is 1.09. The molecule has 4 heteroatoms. The van der Waals surface area contributed by atoms with E-state index in [9.17, 15) is 0 Å². The van der Waals surface area contributed by atoms with E-state index in [0.717, 1.165) is 13.0 Å². The number of methoxy groups -OCH3 is 2. The quantitative estimate of drug-likeness (QED) is 0.686. The van der Waals surface area contributed by atoms with Crippen LogP contribution in [0, 0.1) is 0 Å². The van der Waals surface area contributed by atoms with Crippen LogP contribution in [0.5, 0.6) is 0 Å². The largest absolute Gasteiger partial charge is 0.354 e. The summed E-state index contributed by atoms with van der Waals surface area (Å²) in [6.07, 6.45) is 3.64. The van der Waals surface area contributed by atoms with Crippen LogP contribution < -0.4 is 5.32 Å². The average molecular weight is 196 g/mol. The Morgan fingerprint density at radius 3 is 2.33 bits per heavy atom. The molecule has 1 fully saturated rings. The third kappa shape index (κ3) is 3.27. The van der Waals surface area contributed by atoms with E-state index in [1.165, 1.54) is 12.8 Å². The normalized spacial score (nSPS) is 23.8. The molecule has 0 amide bonds. The highest BCUT2D eigenvalue weighted by atomic mass is 35.5. The van der Waals surface area contributed by atoms with Gasteiger partial charge in [-0.25, -0.2) is 0 Å². The number of hydrogen-bond acceptors (Lipinski definition) is 3. The van der Waals surface area contributed by atoms with Crippen LogP contribution in [0.2, 0.25) is 0 Å². The molecule has 0 radical (unpaired) electrons. The average Bonchev–Trinajstić information content (AvgIpc) is 2.09. The van der Waals surface area contributed by atoms with Crippen LogP contribution in [-0.4, -0.2) is 33.1 Å². The molecule has 0 saturated carbocycles. The van der Waals surface area contributed by atoms with Gasteiger partial charge in [0.05, 0.1) is 6.04 Å². The standard InChI is InChI=1S/C8H17NO2.ClH/c1-10-8(11-2)7-5-3-4-6-9-7;/h7-9H,3-6H2,1-2H3;1H. The topological polar surface area (TPSA) is 30.5 Å². The maximum Gasteiger partial charge on any atom is 0.171 e. The number of nitrogens with one attached hydrogen (secondary N) is 1. The predicted molar refractivity (Wildman–Crippen MR) is 50.7 cm³/mol. The van der Waals surface area contributed by atoms with Crippen LogP contribution in [0.4, 0.5) is 0 Å². The molecule has 0 aromatic carbocycles. The molecule has 3 nitrogen and oxygen atoms in total. The molecule has 0 spiro atoms. The van der Waals surface area contributed by atoms with E-state index < -0.39 is 0 Å². The first kappa shape index (κ1) is 12.2. The number of halogens is 1. The van der Waals surface area contributed by atoms with E-state index in [1.54, 1.807) is 14.2 Å². The lowest BCUT2D eigenvalue weighted by Crippen LogP contribution is -2.44. The Morgan fingerprint density at radius 1 is 1.25 bits per heavy atom. The summed E-state index contributed by atoms with van der Waals surface area (Å²) in [5.41, 5.74) is 0. The molecule has 0 aliphatic carbocycles. The maximum absolute atomic E-state index is 5.15. The molecule has 0 aromatic heterocycles. The molecule has 12 heavy (non-hydrogen) atoms. The number of hydrogen-bond donors (Lipinski definition) is 1. The van der Waals surface area contributed by atoms with Gasteiger partial charge in [-0.2, -0.15) is 0 Å². The van der Waals surface area contributed by atoms with Crippen LogP contribution in [-0.2, 0) is 9.47 Å². The molecule has 1 N–H and O–H groups in total. The Hall–Kier alpha value is 0.170. The second-order valence-corrected chi connectivity index (χ2v) is 2.90. The first-order valence-electron chi connectivity index (χ1n) is 4.17.